The van der Waals surface area contributed by atoms with Gasteiger partial charge in [-0.15, -0.1) is 0 Å². The van der Waals surface area contributed by atoms with Gasteiger partial charge in [0.1, 0.15) is 29.9 Å². The van der Waals surface area contributed by atoms with Crippen molar-refractivity contribution < 1.29 is 33.3 Å². The third-order valence-corrected chi connectivity index (χ3v) is 6.60. The SMILES string of the molecule is O=C(NC[C@H]1O[C@@H](CC(=O)N2CCN(c3ccc(F)cc3)CC2)[C@H](O)[C@@H]1O)c1ccc(F)c(Cl)c1. The molecule has 2 aromatic carbocycles. The second-order valence-electron chi connectivity index (χ2n) is 8.58. The first kappa shape index (κ1) is 25.3. The number of halogens is 3. The number of ether oxygens (including phenoxy) is 1. The summed E-state index contributed by atoms with van der Waals surface area (Å²) >= 11 is 5.70. The number of nitrogens with one attached hydrogen (secondary N) is 1. The van der Waals surface area contributed by atoms with E-state index in [1.54, 1.807) is 17.0 Å². The number of rotatable bonds is 6. The van der Waals surface area contributed by atoms with E-state index in [1.165, 1.54) is 24.3 Å². The molecule has 8 nitrogen and oxygen atoms in total. The van der Waals surface area contributed by atoms with Crippen LogP contribution >= 0.6 is 11.6 Å². The Hall–Kier alpha value is -2.79. The van der Waals surface area contributed by atoms with Gasteiger partial charge in [-0.25, -0.2) is 8.78 Å². The van der Waals surface area contributed by atoms with Crippen molar-refractivity contribution in [3.63, 3.8) is 0 Å². The molecule has 35 heavy (non-hydrogen) atoms. The second kappa shape index (κ2) is 10.9. The minimum atomic E-state index is -1.29. The molecule has 188 valence electrons. The van der Waals surface area contributed by atoms with Crippen molar-refractivity contribution in [1.29, 1.82) is 0 Å². The smallest absolute Gasteiger partial charge is 0.251 e. The number of anilines is 1. The third-order valence-electron chi connectivity index (χ3n) is 6.31. The number of aliphatic hydroxyl groups is 2. The zero-order chi connectivity index (χ0) is 25.1. The lowest BCUT2D eigenvalue weighted by atomic mass is 10.0. The van der Waals surface area contributed by atoms with E-state index in [1.807, 2.05) is 0 Å². The first-order chi connectivity index (χ1) is 16.7. The molecule has 0 unspecified atom stereocenters. The summed E-state index contributed by atoms with van der Waals surface area (Å²) in [5.41, 5.74) is 1.01. The van der Waals surface area contributed by atoms with E-state index in [4.69, 9.17) is 16.3 Å². The maximum Gasteiger partial charge on any atom is 0.251 e. The van der Waals surface area contributed by atoms with E-state index >= 15 is 0 Å². The topological polar surface area (TPSA) is 102 Å². The summed E-state index contributed by atoms with van der Waals surface area (Å²) in [5.74, 6) is -1.72. The fraction of sp³-hybridized carbons (Fsp3) is 0.417. The maximum atomic E-state index is 13.3. The Kier molecular flexibility index (Phi) is 7.85. The molecule has 0 bridgehead atoms. The minimum absolute atomic E-state index is 0.118. The van der Waals surface area contributed by atoms with Crippen molar-refractivity contribution in [2.24, 2.45) is 0 Å². The Labute approximate surface area is 206 Å². The molecule has 0 aromatic heterocycles. The highest BCUT2D eigenvalue weighted by Gasteiger charge is 2.44. The van der Waals surface area contributed by atoms with Crippen LogP contribution in [0.15, 0.2) is 42.5 Å². The van der Waals surface area contributed by atoms with Crippen molar-refractivity contribution in [3.05, 3.63) is 64.7 Å². The molecule has 4 atom stereocenters. The molecule has 2 saturated heterocycles. The van der Waals surface area contributed by atoms with Gasteiger partial charge in [-0.05, 0) is 42.5 Å². The van der Waals surface area contributed by atoms with Crippen LogP contribution in [0.1, 0.15) is 16.8 Å². The van der Waals surface area contributed by atoms with Crippen molar-refractivity contribution in [2.45, 2.75) is 30.8 Å². The normalized spacial score (nSPS) is 24.5. The van der Waals surface area contributed by atoms with Crippen LogP contribution in [0, 0.1) is 11.6 Å². The highest BCUT2D eigenvalue weighted by atomic mass is 35.5. The standard InChI is InChI=1S/C24H26ClF2N3O5/c25-17-11-14(1-6-18(17)27)24(34)28-13-20-23(33)22(32)19(35-20)12-21(31)30-9-7-29(8-10-30)16-4-2-15(26)3-5-16/h1-6,11,19-20,22-23,32-33H,7-10,12-13H2,(H,28,34)/t19-,20+,22-,23+/m0/s1. The van der Waals surface area contributed by atoms with Crippen molar-refractivity contribution in [1.82, 2.24) is 10.2 Å². The number of aliphatic hydroxyl groups excluding tert-OH is 2. The number of benzene rings is 2. The summed E-state index contributed by atoms with van der Waals surface area (Å²) < 4.78 is 32.1. The fourth-order valence-corrected chi connectivity index (χ4v) is 4.44. The Morgan fingerprint density at radius 1 is 1.00 bits per heavy atom. The van der Waals surface area contributed by atoms with Crippen LogP contribution in [-0.4, -0.2) is 84.1 Å². The molecule has 4 rings (SSSR count). The minimum Gasteiger partial charge on any atom is -0.388 e. The van der Waals surface area contributed by atoms with Crippen molar-refractivity contribution >= 4 is 29.1 Å². The average Bonchev–Trinajstić information content (AvgIpc) is 3.12. The molecule has 2 amide bonds. The Bertz CT molecular complexity index is 1070. The van der Waals surface area contributed by atoms with Crippen LogP contribution in [0.2, 0.25) is 5.02 Å². The first-order valence-electron chi connectivity index (χ1n) is 11.3. The van der Waals surface area contributed by atoms with Crippen LogP contribution in [0.5, 0.6) is 0 Å². The quantitative estimate of drug-likeness (QED) is 0.546. The zero-order valence-corrected chi connectivity index (χ0v) is 19.5. The molecule has 0 saturated carbocycles. The summed E-state index contributed by atoms with van der Waals surface area (Å²) in [4.78, 5) is 28.8. The predicted molar refractivity (Wildman–Crippen MR) is 124 cm³/mol. The van der Waals surface area contributed by atoms with Gasteiger partial charge in [0, 0.05) is 44.0 Å². The van der Waals surface area contributed by atoms with E-state index in [9.17, 15) is 28.6 Å². The molecule has 2 fully saturated rings. The number of piperazine rings is 1. The summed E-state index contributed by atoms with van der Waals surface area (Å²) in [6.45, 7) is 1.96. The lowest BCUT2D eigenvalue weighted by molar-refractivity contribution is -0.135. The molecule has 2 aromatic rings. The van der Waals surface area contributed by atoms with Crippen molar-refractivity contribution in [3.8, 4) is 0 Å². The number of hydrogen-bond acceptors (Lipinski definition) is 6. The summed E-state index contributed by atoms with van der Waals surface area (Å²) in [6, 6.07) is 9.71. The second-order valence-corrected chi connectivity index (χ2v) is 8.99. The monoisotopic (exact) mass is 509 g/mol. The number of hydrogen-bond donors (Lipinski definition) is 3. The van der Waals surface area contributed by atoms with E-state index in [2.05, 4.69) is 10.2 Å². The van der Waals surface area contributed by atoms with Gasteiger partial charge >= 0.3 is 0 Å². The van der Waals surface area contributed by atoms with Crippen LogP contribution in [-0.2, 0) is 9.53 Å². The number of carbonyl (C=O) groups is 2. The molecule has 0 radical (unpaired) electrons. The molecular formula is C24H26ClF2N3O5. The van der Waals surface area contributed by atoms with Gasteiger partial charge in [0.2, 0.25) is 5.91 Å². The lowest BCUT2D eigenvalue weighted by Crippen LogP contribution is -2.49. The molecule has 11 heteroatoms. The highest BCUT2D eigenvalue weighted by molar-refractivity contribution is 6.31. The van der Waals surface area contributed by atoms with Crippen molar-refractivity contribution in [2.75, 3.05) is 37.6 Å². The fourth-order valence-electron chi connectivity index (χ4n) is 4.26. The van der Waals surface area contributed by atoms with Gasteiger partial charge in [-0.1, -0.05) is 11.6 Å². The van der Waals surface area contributed by atoms with Crippen LogP contribution in [0.3, 0.4) is 0 Å². The molecule has 2 aliphatic heterocycles. The molecular weight excluding hydrogens is 484 g/mol. The van der Waals surface area contributed by atoms with Gasteiger partial charge in [-0.2, -0.15) is 0 Å². The van der Waals surface area contributed by atoms with Crippen LogP contribution in [0.25, 0.3) is 0 Å². The van der Waals surface area contributed by atoms with Gasteiger partial charge in [0.05, 0.1) is 17.5 Å². The summed E-state index contributed by atoms with van der Waals surface area (Å²) in [6.07, 6.45) is -4.54. The lowest BCUT2D eigenvalue weighted by Gasteiger charge is -2.36. The number of amides is 2. The molecule has 0 aliphatic carbocycles. The molecule has 2 heterocycles. The predicted octanol–water partition coefficient (Wildman–Crippen LogP) is 1.58. The van der Waals surface area contributed by atoms with Gasteiger partial charge in [-0.3, -0.25) is 9.59 Å². The molecule has 0 spiro atoms. The number of carbonyl (C=O) groups excluding carboxylic acids is 2. The van der Waals surface area contributed by atoms with Gasteiger partial charge < -0.3 is 30.1 Å². The Morgan fingerprint density at radius 2 is 1.66 bits per heavy atom. The Balaban J connectivity index is 1.26. The average molecular weight is 510 g/mol. The zero-order valence-electron chi connectivity index (χ0n) is 18.7. The van der Waals surface area contributed by atoms with Crippen LogP contribution < -0.4 is 10.2 Å². The molecule has 3 N–H and O–H groups in total. The Morgan fingerprint density at radius 3 is 2.31 bits per heavy atom. The first-order valence-corrected chi connectivity index (χ1v) is 11.6. The highest BCUT2D eigenvalue weighted by Crippen LogP contribution is 2.25. The maximum absolute atomic E-state index is 13.3. The third kappa shape index (κ3) is 5.90. The summed E-state index contributed by atoms with van der Waals surface area (Å²) in [5, 5.41) is 23.1. The van der Waals surface area contributed by atoms with Gasteiger partial charge in [0.15, 0.2) is 0 Å². The number of nitrogens with zero attached hydrogens (tertiary/aromatic N) is 2. The molecule has 2 aliphatic rings. The van der Waals surface area contributed by atoms with Gasteiger partial charge in [0.25, 0.3) is 5.91 Å². The van der Waals surface area contributed by atoms with Crippen LogP contribution in [0.4, 0.5) is 14.5 Å². The van der Waals surface area contributed by atoms with E-state index in [-0.39, 0.29) is 35.3 Å². The summed E-state index contributed by atoms with van der Waals surface area (Å²) in [7, 11) is 0. The largest absolute Gasteiger partial charge is 0.388 e. The van der Waals surface area contributed by atoms with E-state index in [0.29, 0.717) is 26.2 Å². The van der Waals surface area contributed by atoms with E-state index < -0.39 is 36.1 Å². The van der Waals surface area contributed by atoms with E-state index in [0.717, 1.165) is 11.8 Å².